The van der Waals surface area contributed by atoms with Gasteiger partial charge in [0.25, 0.3) is 0 Å². The Labute approximate surface area is 132 Å². The summed E-state index contributed by atoms with van der Waals surface area (Å²) in [5, 5.41) is 8.55. The first-order valence-electron chi connectivity index (χ1n) is 7.76. The number of Topliss-reactive ketones (excluding diaryl/α,β-unsaturated/α-hetero) is 2. The van der Waals surface area contributed by atoms with E-state index in [4.69, 9.17) is 5.11 Å². The number of aliphatic carboxylic acids is 1. The van der Waals surface area contributed by atoms with Crippen molar-refractivity contribution in [3.05, 3.63) is 0 Å². The Hall–Kier alpha value is -1.72. The highest BCUT2D eigenvalue weighted by Crippen LogP contribution is 2.08. The third kappa shape index (κ3) is 12.1. The molecule has 1 atom stereocenters. The molecule has 0 aliphatic rings. The number of hydrogen-bond acceptors (Lipinski definition) is 5. The van der Waals surface area contributed by atoms with Crippen molar-refractivity contribution in [3.63, 3.8) is 0 Å². The lowest BCUT2D eigenvalue weighted by Crippen LogP contribution is -2.22. The SMILES string of the molecule is CCCC(=O)C(CC)C(=O)O.CCCC(=O)CC(=O)OCC. The third-order valence-corrected chi connectivity index (χ3v) is 2.77. The summed E-state index contributed by atoms with van der Waals surface area (Å²) in [6.45, 7) is 7.56. The van der Waals surface area contributed by atoms with Crippen LogP contribution >= 0.6 is 0 Å². The molecule has 0 aliphatic carbocycles. The van der Waals surface area contributed by atoms with Crippen LogP contribution in [0.25, 0.3) is 0 Å². The fourth-order valence-corrected chi connectivity index (χ4v) is 1.70. The third-order valence-electron chi connectivity index (χ3n) is 2.77. The minimum Gasteiger partial charge on any atom is -0.481 e. The Kier molecular flexibility index (Phi) is 14.6. The number of carbonyl (C=O) groups excluding carboxylic acids is 3. The zero-order chi connectivity index (χ0) is 17.5. The highest BCUT2D eigenvalue weighted by molar-refractivity contribution is 5.98. The Morgan fingerprint density at radius 2 is 1.50 bits per heavy atom. The molecule has 0 aromatic rings. The Balaban J connectivity index is 0. The molecule has 6 heteroatoms. The van der Waals surface area contributed by atoms with E-state index < -0.39 is 17.9 Å². The molecule has 0 bridgehead atoms. The standard InChI is InChI=1S/2C8H14O3/c1-3-5-7(9)6-8(10)11-4-2;1-3-5-7(9)6(4-2)8(10)11/h3-6H2,1-2H3;6H,3-5H2,1-2H3,(H,10,11). The summed E-state index contributed by atoms with van der Waals surface area (Å²) in [7, 11) is 0. The molecule has 1 N–H and O–H groups in total. The van der Waals surface area contributed by atoms with E-state index in [1.54, 1.807) is 13.8 Å². The maximum absolute atomic E-state index is 11.0. The molecule has 0 rings (SSSR count). The smallest absolute Gasteiger partial charge is 0.314 e. The van der Waals surface area contributed by atoms with Gasteiger partial charge in [-0.15, -0.1) is 0 Å². The van der Waals surface area contributed by atoms with E-state index in [0.717, 1.165) is 12.8 Å². The van der Waals surface area contributed by atoms with Crippen LogP contribution in [0, 0.1) is 5.92 Å². The van der Waals surface area contributed by atoms with Crippen molar-refractivity contribution in [2.45, 2.75) is 66.2 Å². The van der Waals surface area contributed by atoms with Crippen LogP contribution in [0.4, 0.5) is 0 Å². The van der Waals surface area contributed by atoms with Gasteiger partial charge in [-0.1, -0.05) is 20.8 Å². The summed E-state index contributed by atoms with van der Waals surface area (Å²) in [6, 6.07) is 0. The molecule has 0 fully saturated rings. The quantitative estimate of drug-likeness (QED) is 0.491. The molecule has 1 unspecified atom stereocenters. The van der Waals surface area contributed by atoms with Gasteiger partial charge >= 0.3 is 11.9 Å². The van der Waals surface area contributed by atoms with Crippen LogP contribution in [0.5, 0.6) is 0 Å². The first kappa shape index (κ1) is 22.6. The molecule has 22 heavy (non-hydrogen) atoms. The van der Waals surface area contributed by atoms with Crippen LogP contribution in [-0.2, 0) is 23.9 Å². The monoisotopic (exact) mass is 316 g/mol. The number of ether oxygens (including phenoxy) is 1. The highest BCUT2D eigenvalue weighted by Gasteiger charge is 2.22. The minimum absolute atomic E-state index is 0.0362. The number of carbonyl (C=O) groups is 4. The lowest BCUT2D eigenvalue weighted by Gasteiger charge is -2.06. The van der Waals surface area contributed by atoms with Crippen LogP contribution in [0.15, 0.2) is 0 Å². The molecule has 0 aromatic carbocycles. The number of ketones is 2. The summed E-state index contributed by atoms with van der Waals surface area (Å²) in [6.07, 6.45) is 2.69. The fourth-order valence-electron chi connectivity index (χ4n) is 1.70. The topological polar surface area (TPSA) is 97.7 Å². The first-order chi connectivity index (χ1) is 10.3. The van der Waals surface area contributed by atoms with E-state index >= 15 is 0 Å². The number of rotatable bonds is 10. The van der Waals surface area contributed by atoms with Gasteiger partial charge in [-0.05, 0) is 26.2 Å². The van der Waals surface area contributed by atoms with E-state index in [0.29, 0.717) is 25.9 Å². The van der Waals surface area contributed by atoms with Crippen molar-refractivity contribution in [2.24, 2.45) is 5.92 Å². The molecule has 6 nitrogen and oxygen atoms in total. The van der Waals surface area contributed by atoms with Crippen LogP contribution in [-0.4, -0.2) is 35.2 Å². The van der Waals surface area contributed by atoms with Gasteiger partial charge in [0.2, 0.25) is 0 Å². The molecule has 0 aromatic heterocycles. The van der Waals surface area contributed by atoms with E-state index in [-0.39, 0.29) is 18.0 Å². The molecule has 0 heterocycles. The molecule has 0 amide bonds. The molecule has 0 aliphatic heterocycles. The predicted octanol–water partition coefficient (Wildman–Crippen LogP) is 2.78. The number of hydrogen-bond donors (Lipinski definition) is 1. The van der Waals surface area contributed by atoms with Crippen molar-refractivity contribution in [1.29, 1.82) is 0 Å². The summed E-state index contributed by atoms with van der Waals surface area (Å²) < 4.78 is 4.60. The fraction of sp³-hybridized carbons (Fsp3) is 0.750. The zero-order valence-corrected chi connectivity index (χ0v) is 14.0. The van der Waals surface area contributed by atoms with E-state index in [1.807, 2.05) is 13.8 Å². The molecule has 0 saturated heterocycles. The summed E-state index contributed by atoms with van der Waals surface area (Å²) in [5.74, 6) is -2.37. The molecule has 128 valence electrons. The normalized spacial score (nSPS) is 10.9. The Morgan fingerprint density at radius 1 is 0.955 bits per heavy atom. The van der Waals surface area contributed by atoms with Gasteiger partial charge in [-0.3, -0.25) is 19.2 Å². The van der Waals surface area contributed by atoms with Crippen LogP contribution in [0.2, 0.25) is 0 Å². The second-order valence-corrected chi connectivity index (χ2v) is 4.79. The second kappa shape index (κ2) is 14.2. The Bertz CT molecular complexity index is 343. The minimum atomic E-state index is -0.994. The van der Waals surface area contributed by atoms with Crippen LogP contribution < -0.4 is 0 Å². The average Bonchev–Trinajstić information content (AvgIpc) is 2.40. The van der Waals surface area contributed by atoms with E-state index in [9.17, 15) is 19.2 Å². The molecular formula is C16H28O6. The van der Waals surface area contributed by atoms with Crippen molar-refractivity contribution >= 4 is 23.5 Å². The van der Waals surface area contributed by atoms with Crippen molar-refractivity contribution in [3.8, 4) is 0 Å². The van der Waals surface area contributed by atoms with Gasteiger partial charge in [-0.2, -0.15) is 0 Å². The maximum atomic E-state index is 11.0. The highest BCUT2D eigenvalue weighted by atomic mass is 16.5. The lowest BCUT2D eigenvalue weighted by molar-refractivity contribution is -0.147. The lowest BCUT2D eigenvalue weighted by atomic mass is 9.98. The first-order valence-corrected chi connectivity index (χ1v) is 7.76. The van der Waals surface area contributed by atoms with Crippen molar-refractivity contribution < 1.29 is 29.0 Å². The predicted molar refractivity (Wildman–Crippen MR) is 82.5 cm³/mol. The maximum Gasteiger partial charge on any atom is 0.314 e. The van der Waals surface area contributed by atoms with Gasteiger partial charge in [0, 0.05) is 12.8 Å². The second-order valence-electron chi connectivity index (χ2n) is 4.79. The molecule has 0 saturated carbocycles. The summed E-state index contributed by atoms with van der Waals surface area (Å²) >= 11 is 0. The molecular weight excluding hydrogens is 288 g/mol. The summed E-state index contributed by atoms with van der Waals surface area (Å²) in [5.41, 5.74) is 0. The van der Waals surface area contributed by atoms with E-state index in [1.165, 1.54) is 0 Å². The number of esters is 1. The van der Waals surface area contributed by atoms with E-state index in [2.05, 4.69) is 4.74 Å². The Morgan fingerprint density at radius 3 is 1.86 bits per heavy atom. The van der Waals surface area contributed by atoms with Gasteiger partial charge in [0.15, 0.2) is 0 Å². The van der Waals surface area contributed by atoms with Crippen LogP contribution in [0.1, 0.15) is 66.2 Å². The zero-order valence-electron chi connectivity index (χ0n) is 14.0. The molecule has 0 spiro atoms. The number of carboxylic acid groups (broad SMARTS) is 1. The van der Waals surface area contributed by atoms with Gasteiger partial charge < -0.3 is 9.84 Å². The average molecular weight is 316 g/mol. The van der Waals surface area contributed by atoms with Crippen molar-refractivity contribution in [1.82, 2.24) is 0 Å². The largest absolute Gasteiger partial charge is 0.481 e. The van der Waals surface area contributed by atoms with Crippen LogP contribution in [0.3, 0.4) is 0 Å². The van der Waals surface area contributed by atoms with Gasteiger partial charge in [-0.25, -0.2) is 0 Å². The molecule has 0 radical (unpaired) electrons. The summed E-state index contributed by atoms with van der Waals surface area (Å²) in [4.78, 5) is 43.0. The van der Waals surface area contributed by atoms with Gasteiger partial charge in [0.1, 0.15) is 23.9 Å². The number of carboxylic acids is 1. The van der Waals surface area contributed by atoms with Gasteiger partial charge in [0.05, 0.1) is 6.61 Å². The van der Waals surface area contributed by atoms with Crippen molar-refractivity contribution in [2.75, 3.05) is 6.61 Å².